The molecule has 4 rings (SSSR count). The molecular weight excluding hydrogens is 485 g/mol. The van der Waals surface area contributed by atoms with Gasteiger partial charge in [-0.1, -0.05) is 46.9 Å². The monoisotopic (exact) mass is 499 g/mol. The number of amides is 3. The lowest BCUT2D eigenvalue weighted by molar-refractivity contribution is -0.120. The Balaban J connectivity index is 1.58. The second-order valence-corrected chi connectivity index (χ2v) is 8.48. The summed E-state index contributed by atoms with van der Waals surface area (Å²) in [5.74, 6) is -1.63. The summed E-state index contributed by atoms with van der Waals surface area (Å²) in [7, 11) is 0. The van der Waals surface area contributed by atoms with Crippen molar-refractivity contribution in [3.05, 3.63) is 98.6 Å². The van der Waals surface area contributed by atoms with Gasteiger partial charge in [0.05, 0.1) is 5.69 Å². The van der Waals surface area contributed by atoms with Crippen LogP contribution in [0.1, 0.15) is 15.9 Å². The minimum Gasteiger partial charge on any atom is -0.349 e. The Kier molecular flexibility index (Phi) is 6.42. The van der Waals surface area contributed by atoms with Crippen LogP contribution in [0.5, 0.6) is 0 Å². The molecule has 9 heteroatoms. The van der Waals surface area contributed by atoms with Crippen LogP contribution >= 0.6 is 34.8 Å². The predicted octanol–water partition coefficient (Wildman–Crippen LogP) is 5.99. The average Bonchev–Trinajstić information content (AvgIpc) is 2.99. The third-order valence-corrected chi connectivity index (χ3v) is 5.79. The van der Waals surface area contributed by atoms with Gasteiger partial charge in [0.1, 0.15) is 10.7 Å². The lowest BCUT2D eigenvalue weighted by Gasteiger charge is -2.16. The van der Waals surface area contributed by atoms with Gasteiger partial charge in [0, 0.05) is 27.0 Å². The number of rotatable bonds is 5. The highest BCUT2D eigenvalue weighted by atomic mass is 35.5. The largest absolute Gasteiger partial charge is 0.349 e. The van der Waals surface area contributed by atoms with E-state index >= 15 is 0 Å². The Bertz CT molecular complexity index is 1320. The van der Waals surface area contributed by atoms with Crippen LogP contribution in [0, 0.1) is 6.92 Å². The molecule has 1 heterocycles. The van der Waals surface area contributed by atoms with Gasteiger partial charge in [-0.05, 0) is 67.1 Å². The van der Waals surface area contributed by atoms with Gasteiger partial charge in [-0.15, -0.1) is 0 Å². The first-order valence-electron chi connectivity index (χ1n) is 9.73. The fraction of sp³-hybridized carbons (Fsp3) is 0.0417. The number of hydrogen-bond donors (Lipinski definition) is 2. The SMILES string of the molecule is Cc1ccc(C(=O)Nc2cccc(Cl)c2)cc1NC1=C(Cl)C(=O)N(c2ccc(Cl)cc2)C1=O. The highest BCUT2D eigenvalue weighted by molar-refractivity contribution is 6.53. The molecule has 3 amide bonds. The second-order valence-electron chi connectivity index (χ2n) is 7.23. The van der Waals surface area contributed by atoms with Gasteiger partial charge in [0.15, 0.2) is 0 Å². The van der Waals surface area contributed by atoms with Crippen molar-refractivity contribution >= 4 is 69.6 Å². The fourth-order valence-electron chi connectivity index (χ4n) is 3.24. The van der Waals surface area contributed by atoms with E-state index in [0.717, 1.165) is 10.5 Å². The summed E-state index contributed by atoms with van der Waals surface area (Å²) in [6.07, 6.45) is 0. The molecule has 0 spiro atoms. The summed E-state index contributed by atoms with van der Waals surface area (Å²) in [5.41, 5.74) is 2.36. The van der Waals surface area contributed by atoms with Gasteiger partial charge >= 0.3 is 0 Å². The number of benzene rings is 3. The predicted molar refractivity (Wildman–Crippen MR) is 131 cm³/mol. The number of carbonyl (C=O) groups is 3. The molecule has 0 saturated heterocycles. The number of hydrogen-bond acceptors (Lipinski definition) is 4. The van der Waals surface area contributed by atoms with E-state index in [0.29, 0.717) is 32.7 Å². The molecule has 1 aliphatic rings. The number of nitrogens with one attached hydrogen (secondary N) is 2. The maximum Gasteiger partial charge on any atom is 0.283 e. The van der Waals surface area contributed by atoms with Crippen LogP contribution in [0.3, 0.4) is 0 Å². The van der Waals surface area contributed by atoms with Crippen molar-refractivity contribution in [2.75, 3.05) is 15.5 Å². The van der Waals surface area contributed by atoms with Gasteiger partial charge in [-0.3, -0.25) is 14.4 Å². The quantitative estimate of drug-likeness (QED) is 0.422. The fourth-order valence-corrected chi connectivity index (χ4v) is 3.77. The summed E-state index contributed by atoms with van der Waals surface area (Å²) < 4.78 is 0. The molecule has 0 saturated carbocycles. The van der Waals surface area contributed by atoms with Crippen LogP contribution in [0.2, 0.25) is 10.0 Å². The molecule has 33 heavy (non-hydrogen) atoms. The van der Waals surface area contributed by atoms with Crippen molar-refractivity contribution < 1.29 is 14.4 Å². The Hall–Kier alpha value is -3.32. The van der Waals surface area contributed by atoms with Crippen LogP contribution in [-0.4, -0.2) is 17.7 Å². The molecule has 3 aromatic carbocycles. The van der Waals surface area contributed by atoms with Crippen molar-refractivity contribution in [3.63, 3.8) is 0 Å². The van der Waals surface area contributed by atoms with Gasteiger partial charge in [-0.2, -0.15) is 0 Å². The first kappa shape index (κ1) is 22.9. The van der Waals surface area contributed by atoms with Gasteiger partial charge in [0.25, 0.3) is 17.7 Å². The Morgan fingerprint density at radius 2 is 1.58 bits per heavy atom. The van der Waals surface area contributed by atoms with E-state index in [1.165, 1.54) is 0 Å². The van der Waals surface area contributed by atoms with E-state index in [2.05, 4.69) is 10.6 Å². The molecule has 6 nitrogen and oxygen atoms in total. The third-order valence-electron chi connectivity index (χ3n) is 4.95. The lowest BCUT2D eigenvalue weighted by Crippen LogP contribution is -2.32. The Labute approximate surface area is 204 Å². The van der Waals surface area contributed by atoms with Gasteiger partial charge in [0.2, 0.25) is 0 Å². The van der Waals surface area contributed by atoms with E-state index < -0.39 is 11.8 Å². The van der Waals surface area contributed by atoms with Crippen molar-refractivity contribution in [1.29, 1.82) is 0 Å². The molecule has 0 bridgehead atoms. The zero-order valence-electron chi connectivity index (χ0n) is 17.2. The number of anilines is 3. The molecule has 0 unspecified atom stereocenters. The lowest BCUT2D eigenvalue weighted by atomic mass is 10.1. The first-order chi connectivity index (χ1) is 15.7. The number of nitrogens with zero attached hydrogens (tertiary/aromatic N) is 1. The van der Waals surface area contributed by atoms with E-state index in [9.17, 15) is 14.4 Å². The number of imide groups is 1. The molecule has 0 atom stereocenters. The van der Waals surface area contributed by atoms with Crippen LogP contribution in [-0.2, 0) is 9.59 Å². The zero-order chi connectivity index (χ0) is 23.7. The maximum atomic E-state index is 13.0. The first-order valence-corrected chi connectivity index (χ1v) is 10.9. The third kappa shape index (κ3) is 4.73. The molecule has 0 aliphatic carbocycles. The molecule has 0 aromatic heterocycles. The topological polar surface area (TPSA) is 78.5 Å². The highest BCUT2D eigenvalue weighted by Crippen LogP contribution is 2.31. The molecule has 2 N–H and O–H groups in total. The molecule has 3 aromatic rings. The van der Waals surface area contributed by atoms with Crippen LogP contribution < -0.4 is 15.5 Å². The van der Waals surface area contributed by atoms with E-state index in [4.69, 9.17) is 34.8 Å². The van der Waals surface area contributed by atoms with Crippen LogP contribution in [0.4, 0.5) is 17.1 Å². The average molecular weight is 501 g/mol. The van der Waals surface area contributed by atoms with Crippen molar-refractivity contribution in [2.24, 2.45) is 0 Å². The van der Waals surface area contributed by atoms with E-state index in [1.807, 2.05) is 0 Å². The smallest absolute Gasteiger partial charge is 0.283 e. The van der Waals surface area contributed by atoms with Crippen LogP contribution in [0.15, 0.2) is 77.5 Å². The standard InChI is InChI=1S/C24H16Cl3N3O3/c1-13-5-6-14(22(31)28-17-4-2-3-16(26)12-17)11-19(13)29-21-20(27)23(32)30(24(21)33)18-9-7-15(25)8-10-18/h2-12,29H,1H3,(H,28,31). The minimum atomic E-state index is -0.654. The molecule has 1 aliphatic heterocycles. The Morgan fingerprint density at radius 3 is 2.27 bits per heavy atom. The summed E-state index contributed by atoms with van der Waals surface area (Å²) in [6, 6.07) is 18.0. The summed E-state index contributed by atoms with van der Waals surface area (Å²) >= 11 is 18.1. The molecular formula is C24H16Cl3N3O3. The minimum absolute atomic E-state index is 0.0767. The van der Waals surface area contributed by atoms with Crippen molar-refractivity contribution in [2.45, 2.75) is 6.92 Å². The molecule has 0 radical (unpaired) electrons. The summed E-state index contributed by atoms with van der Waals surface area (Å²) in [4.78, 5) is 39.3. The number of halogens is 3. The Morgan fingerprint density at radius 1 is 0.848 bits per heavy atom. The second kappa shape index (κ2) is 9.27. The number of carbonyl (C=O) groups excluding carboxylic acids is 3. The van der Waals surface area contributed by atoms with Gasteiger partial charge in [-0.25, -0.2) is 4.90 Å². The highest BCUT2D eigenvalue weighted by Gasteiger charge is 2.39. The van der Waals surface area contributed by atoms with E-state index in [1.54, 1.807) is 73.7 Å². The zero-order valence-corrected chi connectivity index (χ0v) is 19.4. The van der Waals surface area contributed by atoms with Crippen molar-refractivity contribution in [1.82, 2.24) is 0 Å². The van der Waals surface area contributed by atoms with Gasteiger partial charge < -0.3 is 10.6 Å². The normalized spacial score (nSPS) is 13.5. The summed E-state index contributed by atoms with van der Waals surface area (Å²) in [6.45, 7) is 1.80. The van der Waals surface area contributed by atoms with E-state index in [-0.39, 0.29) is 16.6 Å². The van der Waals surface area contributed by atoms with Crippen molar-refractivity contribution in [3.8, 4) is 0 Å². The maximum absolute atomic E-state index is 13.0. The molecule has 0 fully saturated rings. The summed E-state index contributed by atoms with van der Waals surface area (Å²) in [5, 5.41) is 6.41. The number of aryl methyl sites for hydroxylation is 1. The van der Waals surface area contributed by atoms with Crippen LogP contribution in [0.25, 0.3) is 0 Å². The molecule has 166 valence electrons.